The summed E-state index contributed by atoms with van der Waals surface area (Å²) >= 11 is 0. The molecule has 1 aliphatic heterocycles. The second-order valence-corrected chi connectivity index (χ2v) is 5.19. The summed E-state index contributed by atoms with van der Waals surface area (Å²) in [6.45, 7) is 0.667. The fraction of sp³-hybridized carbons (Fsp3) is 0.211. The molecule has 110 valence electrons. The van der Waals surface area contributed by atoms with Gasteiger partial charge < -0.3 is 10.1 Å². The van der Waals surface area contributed by atoms with Gasteiger partial charge in [0.1, 0.15) is 6.10 Å². The summed E-state index contributed by atoms with van der Waals surface area (Å²) in [4.78, 5) is 12.0. The molecular weight excluding hydrogens is 274 g/mol. The predicted octanol–water partition coefficient (Wildman–Crippen LogP) is 3.20. The topological polar surface area (TPSA) is 38.3 Å². The third kappa shape index (κ3) is 3.75. The molecule has 0 aromatic heterocycles. The molecule has 2 aromatic rings. The third-order valence-electron chi connectivity index (χ3n) is 3.48. The molecule has 3 nitrogen and oxygen atoms in total. The maximum absolute atomic E-state index is 12.0. The van der Waals surface area contributed by atoms with Crippen LogP contribution in [-0.2, 0) is 9.53 Å². The Morgan fingerprint density at radius 3 is 2.59 bits per heavy atom. The van der Waals surface area contributed by atoms with Crippen LogP contribution in [0.25, 0.3) is 0 Å². The van der Waals surface area contributed by atoms with Gasteiger partial charge in [0.15, 0.2) is 0 Å². The van der Waals surface area contributed by atoms with Crippen molar-refractivity contribution in [2.24, 2.45) is 0 Å². The van der Waals surface area contributed by atoms with Gasteiger partial charge in [-0.05, 0) is 43.2 Å². The zero-order valence-corrected chi connectivity index (χ0v) is 12.2. The number of ether oxygens (including phenoxy) is 1. The Morgan fingerprint density at radius 2 is 1.82 bits per heavy atom. The van der Waals surface area contributed by atoms with Crippen LogP contribution in [0.5, 0.6) is 0 Å². The van der Waals surface area contributed by atoms with Crippen molar-refractivity contribution in [1.29, 1.82) is 0 Å². The van der Waals surface area contributed by atoms with E-state index in [1.54, 1.807) is 0 Å². The predicted molar refractivity (Wildman–Crippen MR) is 86.5 cm³/mol. The number of carbonyl (C=O) groups excluding carboxylic acids is 1. The Bertz CT molecular complexity index is 707. The van der Waals surface area contributed by atoms with Crippen LogP contribution in [0.3, 0.4) is 0 Å². The lowest BCUT2D eigenvalue weighted by atomic mass is 10.1. The Kier molecular flexibility index (Phi) is 4.53. The van der Waals surface area contributed by atoms with E-state index in [-0.39, 0.29) is 12.0 Å². The van der Waals surface area contributed by atoms with Gasteiger partial charge in [0.2, 0.25) is 0 Å². The molecule has 1 N–H and O–H groups in total. The quantitative estimate of drug-likeness (QED) is 0.863. The molecule has 1 fully saturated rings. The maximum Gasteiger partial charge on any atom is 0.253 e. The first kappa shape index (κ1) is 14.4. The van der Waals surface area contributed by atoms with E-state index >= 15 is 0 Å². The number of benzene rings is 2. The molecule has 2 aromatic carbocycles. The molecule has 1 heterocycles. The van der Waals surface area contributed by atoms with Crippen molar-refractivity contribution in [1.82, 2.24) is 0 Å². The highest BCUT2D eigenvalue weighted by molar-refractivity contribution is 5.94. The number of amides is 1. The summed E-state index contributed by atoms with van der Waals surface area (Å²) in [5, 5.41) is 2.89. The maximum atomic E-state index is 12.0. The number of hydrogen-bond acceptors (Lipinski definition) is 2. The highest BCUT2D eigenvalue weighted by Crippen LogP contribution is 2.16. The summed E-state index contributed by atoms with van der Waals surface area (Å²) in [5.74, 6) is 6.14. The smallest absolute Gasteiger partial charge is 0.253 e. The third-order valence-corrected chi connectivity index (χ3v) is 3.48. The lowest BCUT2D eigenvalue weighted by molar-refractivity contribution is -0.124. The van der Waals surface area contributed by atoms with Crippen molar-refractivity contribution >= 4 is 11.6 Å². The molecule has 0 unspecified atom stereocenters. The molecule has 0 bridgehead atoms. The van der Waals surface area contributed by atoms with Crippen molar-refractivity contribution in [3.05, 3.63) is 65.7 Å². The van der Waals surface area contributed by atoms with Crippen LogP contribution in [-0.4, -0.2) is 18.6 Å². The summed E-state index contributed by atoms with van der Waals surface area (Å²) < 4.78 is 5.38. The molecule has 1 aliphatic rings. The monoisotopic (exact) mass is 291 g/mol. The van der Waals surface area contributed by atoms with Crippen LogP contribution in [0, 0.1) is 11.8 Å². The van der Waals surface area contributed by atoms with Crippen LogP contribution in [0.15, 0.2) is 54.6 Å². The second kappa shape index (κ2) is 6.93. The molecule has 0 spiro atoms. The second-order valence-electron chi connectivity index (χ2n) is 5.19. The largest absolute Gasteiger partial charge is 0.368 e. The molecule has 3 heteroatoms. The lowest BCUT2D eigenvalue weighted by Gasteiger charge is -2.10. The van der Waals surface area contributed by atoms with Gasteiger partial charge in [0, 0.05) is 23.4 Å². The Labute approximate surface area is 130 Å². The first-order chi connectivity index (χ1) is 10.8. The van der Waals surface area contributed by atoms with Crippen LogP contribution in [0.4, 0.5) is 5.69 Å². The fourth-order valence-corrected chi connectivity index (χ4v) is 2.35. The zero-order chi connectivity index (χ0) is 15.2. The number of hydrogen-bond donors (Lipinski definition) is 1. The standard InChI is InChI=1S/C19H17NO2/c21-19(18-10-5-13-22-18)20-17-9-4-8-16(14-17)12-11-15-6-2-1-3-7-15/h1-4,6-9,14,18H,5,10,13H2,(H,20,21)/t18-/m0/s1. The number of carbonyl (C=O) groups is 1. The highest BCUT2D eigenvalue weighted by atomic mass is 16.5. The molecule has 0 radical (unpaired) electrons. The van der Waals surface area contributed by atoms with Gasteiger partial charge in [-0.2, -0.15) is 0 Å². The minimum Gasteiger partial charge on any atom is -0.368 e. The minimum absolute atomic E-state index is 0.0781. The van der Waals surface area contributed by atoms with E-state index in [1.807, 2.05) is 54.6 Å². The van der Waals surface area contributed by atoms with E-state index in [2.05, 4.69) is 17.2 Å². The van der Waals surface area contributed by atoms with Gasteiger partial charge in [-0.3, -0.25) is 4.79 Å². The van der Waals surface area contributed by atoms with Crippen molar-refractivity contribution in [3.63, 3.8) is 0 Å². The SMILES string of the molecule is O=C(Nc1cccc(C#Cc2ccccc2)c1)[C@@H]1CCCO1. The molecule has 1 amide bonds. The summed E-state index contributed by atoms with van der Waals surface area (Å²) in [6, 6.07) is 17.4. The van der Waals surface area contributed by atoms with E-state index in [4.69, 9.17) is 4.74 Å². The highest BCUT2D eigenvalue weighted by Gasteiger charge is 2.23. The number of rotatable bonds is 2. The van der Waals surface area contributed by atoms with Crippen molar-refractivity contribution in [3.8, 4) is 11.8 Å². The van der Waals surface area contributed by atoms with E-state index in [0.29, 0.717) is 6.61 Å². The number of nitrogens with one attached hydrogen (secondary N) is 1. The van der Waals surface area contributed by atoms with Crippen LogP contribution >= 0.6 is 0 Å². The van der Waals surface area contributed by atoms with E-state index in [9.17, 15) is 4.79 Å². The van der Waals surface area contributed by atoms with E-state index in [1.165, 1.54) is 0 Å². The van der Waals surface area contributed by atoms with Crippen LogP contribution < -0.4 is 5.32 Å². The molecular formula is C19H17NO2. The molecule has 3 rings (SSSR count). The van der Waals surface area contributed by atoms with Gasteiger partial charge >= 0.3 is 0 Å². The van der Waals surface area contributed by atoms with Gasteiger partial charge in [0.25, 0.3) is 5.91 Å². The van der Waals surface area contributed by atoms with Crippen molar-refractivity contribution in [2.45, 2.75) is 18.9 Å². The molecule has 0 saturated carbocycles. The Hall–Kier alpha value is -2.57. The average molecular weight is 291 g/mol. The van der Waals surface area contributed by atoms with Gasteiger partial charge in [-0.25, -0.2) is 0 Å². The first-order valence-electron chi connectivity index (χ1n) is 7.41. The van der Waals surface area contributed by atoms with Gasteiger partial charge in [0.05, 0.1) is 0 Å². The fourth-order valence-electron chi connectivity index (χ4n) is 2.35. The molecule has 0 aliphatic carbocycles. The first-order valence-corrected chi connectivity index (χ1v) is 7.41. The average Bonchev–Trinajstić information content (AvgIpc) is 3.09. The molecule has 1 saturated heterocycles. The normalized spacial score (nSPS) is 16.6. The Morgan fingerprint density at radius 1 is 1.05 bits per heavy atom. The zero-order valence-electron chi connectivity index (χ0n) is 12.2. The van der Waals surface area contributed by atoms with Gasteiger partial charge in [-0.1, -0.05) is 36.1 Å². The molecule has 22 heavy (non-hydrogen) atoms. The minimum atomic E-state index is -0.320. The van der Waals surface area contributed by atoms with Crippen LogP contribution in [0.2, 0.25) is 0 Å². The van der Waals surface area contributed by atoms with Gasteiger partial charge in [-0.15, -0.1) is 0 Å². The van der Waals surface area contributed by atoms with E-state index < -0.39 is 0 Å². The summed E-state index contributed by atoms with van der Waals surface area (Å²) in [5.41, 5.74) is 2.59. The van der Waals surface area contributed by atoms with Crippen LogP contribution in [0.1, 0.15) is 24.0 Å². The van der Waals surface area contributed by atoms with E-state index in [0.717, 1.165) is 29.7 Å². The summed E-state index contributed by atoms with van der Waals surface area (Å²) in [7, 11) is 0. The number of anilines is 1. The Balaban J connectivity index is 1.70. The van der Waals surface area contributed by atoms with Crippen molar-refractivity contribution in [2.75, 3.05) is 11.9 Å². The summed E-state index contributed by atoms with van der Waals surface area (Å²) in [6.07, 6.45) is 1.42. The lowest BCUT2D eigenvalue weighted by Crippen LogP contribution is -2.26. The van der Waals surface area contributed by atoms with Crippen molar-refractivity contribution < 1.29 is 9.53 Å². The molecule has 1 atom stereocenters.